The molecule has 0 nitrogen and oxygen atoms in total. The fraction of sp³-hybridized carbons (Fsp3) is 0. The number of hydrogen-bond donors (Lipinski definition) is 0. The molecule has 0 bridgehead atoms. The second-order valence-corrected chi connectivity index (χ2v) is 685. The number of rotatable bonds is 14. The second kappa shape index (κ2) is 31.0. The number of hydrogen-bond acceptors (Lipinski definition) is 0. The van der Waals surface area contributed by atoms with Gasteiger partial charge in [0.2, 0.25) is 0 Å². The standard InChI is InChI=1S/HI30/c1-17(2)19(5)21(7)23(9)25(11)27(13)29(15)30(16)28(14)26(12)24(10)22(8)20(6)18(3)4/h1H/q-1/i1D. The molecule has 212 valence electrons. The molecular weight excluding hydrogens is 3810 g/mol. The molecule has 0 radical (unpaired) electrons. The summed E-state index contributed by atoms with van der Waals surface area (Å²) in [6, 6.07) is 0. The van der Waals surface area contributed by atoms with Crippen LogP contribution in [-0.4, -0.2) is 0.594 Å². The molecule has 0 rings (SSSR count). The van der Waals surface area contributed by atoms with Gasteiger partial charge < -0.3 is 0 Å². The first-order valence-corrected chi connectivity index (χ1v) is 186. The summed E-state index contributed by atoms with van der Waals surface area (Å²) in [4.78, 5) is 0. The van der Waals surface area contributed by atoms with Crippen molar-refractivity contribution < 1.29 is 18.4 Å². The van der Waals surface area contributed by atoms with E-state index >= 15 is 0 Å². The van der Waals surface area contributed by atoms with E-state index in [0.29, 0.717) is 0 Å². The zero-order valence-corrected chi connectivity index (χ0v) is 76.1. The molecular formula is HI30-. The summed E-state index contributed by atoms with van der Waals surface area (Å²) < 4.78 is 8.08. The normalized spacial score (nSPS) is 19.0. The van der Waals surface area contributed by atoms with Gasteiger partial charge in [-0.2, -0.15) is 0 Å². The van der Waals surface area contributed by atoms with Gasteiger partial charge >= 0.3 is 409 Å². The van der Waals surface area contributed by atoms with E-state index < -0.39 is 111 Å². The predicted octanol–water partition coefficient (Wildman–Crippen LogP) is 22.4. The molecule has 0 aromatic rings. The van der Waals surface area contributed by atoms with Crippen LogP contribution in [-0.2, 0) is 0 Å². The Hall–Kier alpha value is 21.9. The van der Waals surface area contributed by atoms with E-state index in [2.05, 4.69) is 279 Å². The van der Waals surface area contributed by atoms with Gasteiger partial charge in [-0.1, -0.05) is 0 Å². The molecule has 0 aliphatic rings. The van der Waals surface area contributed by atoms with Crippen LogP contribution in [0.5, 0.6) is 0 Å². The Morgan fingerprint density at radius 2 is 0.533 bits per heavy atom. The van der Waals surface area contributed by atoms with Crippen LogP contribution in [0.25, 0.3) is 0 Å². The first-order valence-electron chi connectivity index (χ1n) is 4.52. The van der Waals surface area contributed by atoms with Gasteiger partial charge in [0.15, 0.2) is 0 Å². The van der Waals surface area contributed by atoms with Crippen molar-refractivity contribution in [2.45, 2.75) is 0 Å². The summed E-state index contributed by atoms with van der Waals surface area (Å²) >= 11 is 47.0. The molecule has 0 aliphatic carbocycles. The summed E-state index contributed by atoms with van der Waals surface area (Å²) in [5, 5.41) is 0. The molecule has 0 aromatic carbocycles. The summed E-state index contributed by atoms with van der Waals surface area (Å²) in [7, 11) is -7.32. The van der Waals surface area contributed by atoms with Gasteiger partial charge in [-0.05, 0) is 0 Å². The number of halogens is 30. The van der Waals surface area contributed by atoms with Crippen molar-refractivity contribution in [1.82, 2.24) is 0 Å². The Morgan fingerprint density at radius 1 is 0.333 bits per heavy atom. The molecule has 0 atom stereocenters. The Kier molecular flexibility index (Phi) is 51.6. The molecule has 0 saturated carbocycles. The summed E-state index contributed by atoms with van der Waals surface area (Å²) in [5.41, 5.74) is 0. The van der Waals surface area contributed by atoms with Crippen LogP contribution in [0.1, 0.15) is 0 Å². The Bertz CT molecular complexity index is 471. The van der Waals surface area contributed by atoms with Gasteiger partial charge in [0.25, 0.3) is 0 Å². The first-order chi connectivity index (χ1) is 14.1. The van der Waals surface area contributed by atoms with Crippen molar-refractivity contribution in [2.75, 3.05) is 0 Å². The third kappa shape index (κ3) is 21.8. The van der Waals surface area contributed by atoms with Crippen LogP contribution < -0.4 is 18.4 Å². The van der Waals surface area contributed by atoms with E-state index in [1.165, 1.54) is 0 Å². The van der Waals surface area contributed by atoms with Crippen molar-refractivity contribution in [3.05, 3.63) is 0 Å². The van der Waals surface area contributed by atoms with E-state index in [1.54, 1.807) is 0 Å². The zero-order valence-electron chi connectivity index (χ0n) is 12.3. The molecule has 30 heavy (non-hydrogen) atoms. The van der Waals surface area contributed by atoms with Crippen LogP contribution in [0.2, 0.25) is 0 Å². The van der Waals surface area contributed by atoms with Gasteiger partial charge in [-0.3, -0.25) is 0 Å². The van der Waals surface area contributed by atoms with E-state index in [0.717, 1.165) is 0 Å². The van der Waals surface area contributed by atoms with Crippen LogP contribution in [0.3, 0.4) is 0 Å². The van der Waals surface area contributed by atoms with Crippen molar-refractivity contribution in [3.8, 4) is 0 Å². The predicted molar refractivity (Wildman–Crippen MR) is 408 cm³/mol. The molecule has 0 aliphatic heterocycles. The van der Waals surface area contributed by atoms with Gasteiger partial charge in [0.1, 0.15) is 0 Å². The minimum atomic E-state index is -0.685. The molecule has 0 heterocycles. The Morgan fingerprint density at radius 3 is 0.733 bits per heavy atom. The molecule has 0 fully saturated rings. The molecule has 0 amide bonds. The Balaban J connectivity index is 5.19. The van der Waals surface area contributed by atoms with Crippen molar-refractivity contribution in [2.24, 2.45) is 0 Å². The SMILES string of the molecule is [2H][I-]I(I)I(I)I(I)I(I)I(I)I(I)I(I)I(I)I(I)I(I)I(I)I(I)I(I)I(I)I. The van der Waals surface area contributed by atoms with Crippen molar-refractivity contribution in [3.63, 3.8) is 0 Å². The maximum atomic E-state index is 8.08. The third-order valence-electron chi connectivity index (χ3n) is 1.06. The summed E-state index contributed by atoms with van der Waals surface area (Å²) in [6.07, 6.45) is 0. The van der Waals surface area contributed by atoms with E-state index in [4.69, 9.17) is 0.594 Å². The zero-order chi connectivity index (χ0) is 24.8. The van der Waals surface area contributed by atoms with Crippen molar-refractivity contribution >= 4 is 390 Å². The second-order valence-electron chi connectivity index (χ2n) is 2.27. The monoisotopic (exact) mass is 3810 g/mol. The van der Waals surface area contributed by atoms with Gasteiger partial charge in [0, 0.05) is 0 Å². The molecule has 0 unspecified atom stereocenters. The molecule has 30 heteroatoms. The average molecular weight is 3810 g/mol. The molecule has 0 N–H and O–H groups in total. The van der Waals surface area contributed by atoms with Crippen LogP contribution in [0.4, 0.5) is 0 Å². The molecule has 0 spiro atoms. The quantitative estimate of drug-likeness (QED) is 0.152. The maximum absolute atomic E-state index is 8.08. The summed E-state index contributed by atoms with van der Waals surface area (Å²) in [5.74, 6) is 0. The Labute approximate surface area is 385 Å². The van der Waals surface area contributed by atoms with Crippen molar-refractivity contribution in [1.29, 1.82) is 0.594 Å². The summed E-state index contributed by atoms with van der Waals surface area (Å²) in [6.45, 7) is 0. The first kappa shape index (κ1) is 49.9. The van der Waals surface area contributed by atoms with Crippen LogP contribution >= 0.6 is 390 Å². The topological polar surface area (TPSA) is 0 Å². The van der Waals surface area contributed by atoms with Crippen LogP contribution in [0.15, 0.2) is 0 Å². The van der Waals surface area contributed by atoms with Gasteiger partial charge in [0.05, 0.1) is 0 Å². The average Bonchev–Trinajstić information content (AvgIpc) is 2.76. The van der Waals surface area contributed by atoms with Crippen LogP contribution in [0, 0.1) is 0 Å². The van der Waals surface area contributed by atoms with E-state index in [9.17, 15) is 0 Å². The van der Waals surface area contributed by atoms with Gasteiger partial charge in [-0.25, -0.2) is 0 Å². The van der Waals surface area contributed by atoms with Gasteiger partial charge in [-0.15, -0.1) is 0 Å². The molecule has 0 aromatic heterocycles. The fourth-order valence-corrected chi connectivity index (χ4v) is 5030. The fourth-order valence-electron chi connectivity index (χ4n) is 0.370. The van der Waals surface area contributed by atoms with E-state index in [-0.39, 0.29) is 18.4 Å². The molecule has 0 saturated heterocycles. The minimum absolute atomic E-state index is 0.0785. The third-order valence-corrected chi connectivity index (χ3v) is 2150. The van der Waals surface area contributed by atoms with E-state index in [1.807, 2.05) is 0 Å².